The van der Waals surface area contributed by atoms with Crippen LogP contribution in [0.25, 0.3) is 0 Å². The van der Waals surface area contributed by atoms with Crippen LogP contribution >= 0.6 is 11.3 Å². The van der Waals surface area contributed by atoms with Crippen molar-refractivity contribution in [2.45, 2.75) is 33.1 Å². The molecule has 1 aromatic heterocycles. The molecule has 1 atom stereocenters. The predicted molar refractivity (Wildman–Crippen MR) is 87.1 cm³/mol. The molecule has 2 N–H and O–H groups in total. The van der Waals surface area contributed by atoms with Gasteiger partial charge in [0.05, 0.1) is 5.69 Å². The minimum absolute atomic E-state index is 0.238. The summed E-state index contributed by atoms with van der Waals surface area (Å²) in [5.74, 6) is 0.715. The van der Waals surface area contributed by atoms with Gasteiger partial charge >= 0.3 is 6.03 Å². The number of fused-ring (bicyclic) bond motifs is 1. The zero-order chi connectivity index (χ0) is 14.8. The van der Waals surface area contributed by atoms with Gasteiger partial charge in [0, 0.05) is 10.6 Å². The molecular weight excluding hydrogens is 282 g/mol. The van der Waals surface area contributed by atoms with Crippen LogP contribution < -0.4 is 10.6 Å². The number of anilines is 2. The van der Waals surface area contributed by atoms with Crippen LogP contribution in [-0.4, -0.2) is 11.0 Å². The lowest BCUT2D eigenvalue weighted by molar-refractivity contribution is 0.262. The number of rotatable bonds is 2. The average molecular weight is 301 g/mol. The Morgan fingerprint density at radius 3 is 2.81 bits per heavy atom. The fraction of sp³-hybridized carbons (Fsp3) is 0.375. The fourth-order valence-electron chi connectivity index (χ4n) is 2.49. The van der Waals surface area contributed by atoms with Gasteiger partial charge in [0.15, 0.2) is 5.13 Å². The number of aromatic nitrogens is 1. The van der Waals surface area contributed by atoms with Crippen molar-refractivity contribution in [1.29, 1.82) is 0 Å². The standard InChI is InChI=1S/C16H19N3OS/c1-10-3-6-12(7-4-10)17-15(20)19-16-18-13-8-5-11(2)9-14(13)21-16/h3-4,6-7,11H,5,8-9H2,1-2H3,(H2,17,18,19,20). The largest absolute Gasteiger partial charge is 0.325 e. The maximum absolute atomic E-state index is 12.0. The van der Waals surface area contributed by atoms with Gasteiger partial charge < -0.3 is 5.32 Å². The first-order valence-corrected chi connectivity index (χ1v) is 8.05. The molecule has 0 bridgehead atoms. The van der Waals surface area contributed by atoms with E-state index in [1.807, 2.05) is 31.2 Å². The van der Waals surface area contributed by atoms with Crippen LogP contribution in [0.5, 0.6) is 0 Å². The second-order valence-corrected chi connectivity index (χ2v) is 6.77. The van der Waals surface area contributed by atoms with Gasteiger partial charge in [0.1, 0.15) is 0 Å². The number of hydrogen-bond donors (Lipinski definition) is 2. The van der Waals surface area contributed by atoms with Gasteiger partial charge in [0.25, 0.3) is 0 Å². The number of thiazole rings is 1. The SMILES string of the molecule is Cc1ccc(NC(=O)Nc2nc3c(s2)CC(C)CC3)cc1. The Morgan fingerprint density at radius 2 is 2.05 bits per heavy atom. The first-order valence-electron chi connectivity index (χ1n) is 7.23. The van der Waals surface area contributed by atoms with Crippen LogP contribution in [0.15, 0.2) is 24.3 Å². The second kappa shape index (κ2) is 5.85. The number of hydrogen-bond acceptors (Lipinski definition) is 3. The summed E-state index contributed by atoms with van der Waals surface area (Å²) in [6.07, 6.45) is 3.29. The molecule has 1 aliphatic rings. The first kappa shape index (κ1) is 14.1. The van der Waals surface area contributed by atoms with E-state index >= 15 is 0 Å². The van der Waals surface area contributed by atoms with Crippen molar-refractivity contribution < 1.29 is 4.79 Å². The third-order valence-electron chi connectivity index (χ3n) is 3.72. The van der Waals surface area contributed by atoms with Crippen LogP contribution in [-0.2, 0) is 12.8 Å². The van der Waals surface area contributed by atoms with E-state index in [4.69, 9.17) is 0 Å². The number of urea groups is 1. The lowest BCUT2D eigenvalue weighted by atomic mass is 9.93. The number of nitrogens with one attached hydrogen (secondary N) is 2. The molecule has 0 radical (unpaired) electrons. The molecule has 4 nitrogen and oxygen atoms in total. The van der Waals surface area contributed by atoms with E-state index in [2.05, 4.69) is 22.5 Å². The Hall–Kier alpha value is -1.88. The number of benzene rings is 1. The number of amides is 2. The predicted octanol–water partition coefficient (Wildman–Crippen LogP) is 4.22. The van der Waals surface area contributed by atoms with Gasteiger partial charge in [-0.2, -0.15) is 0 Å². The van der Waals surface area contributed by atoms with Crippen molar-refractivity contribution in [3.05, 3.63) is 40.4 Å². The minimum Gasteiger partial charge on any atom is -0.308 e. The summed E-state index contributed by atoms with van der Waals surface area (Å²) in [6.45, 7) is 4.28. The van der Waals surface area contributed by atoms with Crippen molar-refractivity contribution in [2.24, 2.45) is 5.92 Å². The lowest BCUT2D eigenvalue weighted by Gasteiger charge is -2.15. The molecular formula is C16H19N3OS. The van der Waals surface area contributed by atoms with Crippen LogP contribution in [0.3, 0.4) is 0 Å². The number of aryl methyl sites for hydroxylation is 2. The Kier molecular flexibility index (Phi) is 3.92. The van der Waals surface area contributed by atoms with Crippen molar-refractivity contribution in [3.63, 3.8) is 0 Å². The van der Waals surface area contributed by atoms with E-state index in [1.165, 1.54) is 16.9 Å². The third kappa shape index (κ3) is 3.42. The van der Waals surface area contributed by atoms with Gasteiger partial charge in [-0.25, -0.2) is 9.78 Å². The minimum atomic E-state index is -0.238. The van der Waals surface area contributed by atoms with E-state index in [9.17, 15) is 4.79 Å². The molecule has 1 aliphatic carbocycles. The smallest absolute Gasteiger partial charge is 0.308 e. The van der Waals surface area contributed by atoms with Crippen LogP contribution in [0, 0.1) is 12.8 Å². The van der Waals surface area contributed by atoms with Crippen LogP contribution in [0.4, 0.5) is 15.6 Å². The Bertz CT molecular complexity index is 648. The molecule has 0 saturated heterocycles. The average Bonchev–Trinajstić information content (AvgIpc) is 2.82. The first-order chi connectivity index (χ1) is 10.1. The molecule has 1 aromatic carbocycles. The zero-order valence-electron chi connectivity index (χ0n) is 12.3. The molecule has 3 rings (SSSR count). The van der Waals surface area contributed by atoms with Gasteiger partial charge in [-0.1, -0.05) is 24.6 Å². The van der Waals surface area contributed by atoms with E-state index in [0.717, 1.165) is 24.2 Å². The molecule has 0 spiro atoms. The molecule has 21 heavy (non-hydrogen) atoms. The Labute approximate surface area is 128 Å². The topological polar surface area (TPSA) is 54.0 Å². The van der Waals surface area contributed by atoms with Crippen molar-refractivity contribution in [3.8, 4) is 0 Å². The van der Waals surface area contributed by atoms with Gasteiger partial charge in [-0.3, -0.25) is 5.32 Å². The summed E-state index contributed by atoms with van der Waals surface area (Å²) in [4.78, 5) is 17.8. The number of nitrogens with zero attached hydrogens (tertiary/aromatic N) is 1. The fourth-order valence-corrected chi connectivity index (χ4v) is 3.66. The molecule has 1 heterocycles. The summed E-state index contributed by atoms with van der Waals surface area (Å²) in [7, 11) is 0. The highest BCUT2D eigenvalue weighted by Gasteiger charge is 2.20. The van der Waals surface area contributed by atoms with Crippen LogP contribution in [0.2, 0.25) is 0 Å². The highest BCUT2D eigenvalue weighted by Crippen LogP contribution is 2.32. The molecule has 2 aromatic rings. The summed E-state index contributed by atoms with van der Waals surface area (Å²) >= 11 is 1.60. The molecule has 110 valence electrons. The summed E-state index contributed by atoms with van der Waals surface area (Å²) in [5.41, 5.74) is 3.11. The monoisotopic (exact) mass is 301 g/mol. The maximum Gasteiger partial charge on any atom is 0.325 e. The highest BCUT2D eigenvalue weighted by atomic mass is 32.1. The van der Waals surface area contributed by atoms with E-state index in [-0.39, 0.29) is 6.03 Å². The third-order valence-corrected chi connectivity index (χ3v) is 4.75. The molecule has 0 aliphatic heterocycles. The van der Waals surface area contributed by atoms with Crippen molar-refractivity contribution in [1.82, 2.24) is 4.98 Å². The number of carbonyl (C=O) groups is 1. The maximum atomic E-state index is 12.0. The van der Waals surface area contributed by atoms with Crippen LogP contribution in [0.1, 0.15) is 29.5 Å². The van der Waals surface area contributed by atoms with Crippen molar-refractivity contribution in [2.75, 3.05) is 10.6 Å². The summed E-state index contributed by atoms with van der Waals surface area (Å²) in [5, 5.41) is 6.35. The van der Waals surface area contributed by atoms with E-state index < -0.39 is 0 Å². The number of carbonyl (C=O) groups excluding carboxylic acids is 1. The Balaban J connectivity index is 1.64. The summed E-state index contributed by atoms with van der Waals surface area (Å²) in [6, 6.07) is 7.49. The normalized spacial score (nSPS) is 17.1. The molecule has 0 fully saturated rings. The Morgan fingerprint density at radius 1 is 1.29 bits per heavy atom. The molecule has 0 saturated carbocycles. The quantitative estimate of drug-likeness (QED) is 0.872. The van der Waals surface area contributed by atoms with Crippen molar-refractivity contribution >= 4 is 28.2 Å². The highest BCUT2D eigenvalue weighted by molar-refractivity contribution is 7.15. The van der Waals surface area contributed by atoms with Gasteiger partial charge in [0.2, 0.25) is 0 Å². The lowest BCUT2D eigenvalue weighted by Crippen LogP contribution is -2.19. The second-order valence-electron chi connectivity index (χ2n) is 5.68. The van der Waals surface area contributed by atoms with Gasteiger partial charge in [-0.15, -0.1) is 11.3 Å². The molecule has 2 amide bonds. The van der Waals surface area contributed by atoms with E-state index in [1.54, 1.807) is 11.3 Å². The molecule has 1 unspecified atom stereocenters. The van der Waals surface area contributed by atoms with Gasteiger partial charge in [-0.05, 0) is 44.2 Å². The van der Waals surface area contributed by atoms with E-state index in [0.29, 0.717) is 11.0 Å². The summed E-state index contributed by atoms with van der Waals surface area (Å²) < 4.78 is 0. The zero-order valence-corrected chi connectivity index (χ0v) is 13.1. The molecule has 5 heteroatoms.